The Bertz CT molecular complexity index is 943. The van der Waals surface area contributed by atoms with Crippen molar-refractivity contribution in [3.05, 3.63) is 0 Å². The van der Waals surface area contributed by atoms with Crippen molar-refractivity contribution in [1.29, 1.82) is 0 Å². The summed E-state index contributed by atoms with van der Waals surface area (Å²) in [6.07, 6.45) is 11.2. The molecule has 4 aliphatic carbocycles. The summed E-state index contributed by atoms with van der Waals surface area (Å²) >= 11 is 0. The Morgan fingerprint density at radius 3 is 2.47 bits per heavy atom. The molecule has 5 rings (SSSR count). The summed E-state index contributed by atoms with van der Waals surface area (Å²) in [6, 6.07) is 0. The molecule has 8 nitrogen and oxygen atoms in total. The van der Waals surface area contributed by atoms with Crippen LogP contribution >= 0.6 is 0 Å². The van der Waals surface area contributed by atoms with Gasteiger partial charge < -0.3 is 25.4 Å². The Kier molecular flexibility index (Phi) is 7.51. The summed E-state index contributed by atoms with van der Waals surface area (Å²) < 4.78 is 11.4. The molecule has 38 heavy (non-hydrogen) atoms. The lowest BCUT2D eigenvalue weighted by Crippen LogP contribution is -2.66. The number of rotatable bonds is 4. The van der Waals surface area contributed by atoms with Gasteiger partial charge in [0.05, 0.1) is 6.54 Å². The minimum Gasteiger partial charge on any atom is -0.461 e. The molecule has 1 unspecified atom stereocenters. The van der Waals surface area contributed by atoms with Gasteiger partial charge in [-0.05, 0) is 105 Å². The minimum atomic E-state index is -0.297. The largest absolute Gasteiger partial charge is 0.461 e. The zero-order chi connectivity index (χ0) is 27.3. The molecule has 0 aromatic heterocycles. The fraction of sp³-hybridized carbons (Fsp3) is 0.900. The fourth-order valence-corrected chi connectivity index (χ4v) is 9.82. The summed E-state index contributed by atoms with van der Waals surface area (Å²) in [5.41, 5.74) is 7.47. The number of nitrogens with two attached hydrogens (primary N) is 1. The Balaban J connectivity index is 1.22. The molecular formula is C30H49N3O5. The zero-order valence-corrected chi connectivity index (χ0v) is 23.9. The zero-order valence-electron chi connectivity index (χ0n) is 23.9. The van der Waals surface area contributed by atoms with Crippen LogP contribution in [-0.4, -0.2) is 60.8 Å². The number of carbonyl (C=O) groups is 3. The first-order chi connectivity index (χ1) is 18.0. The van der Waals surface area contributed by atoms with Gasteiger partial charge in [0, 0.05) is 32.5 Å². The SMILES string of the molecule is CNC(=O)C[C@H]1CC[C@]2(N)[C@@H]3CC[C@@H]4C[C@@H](OC(=O)N5CCCC(OC(C)=O)C5)CC[C@]4(C)[C@H]3CC[C@]12C. The van der Waals surface area contributed by atoms with E-state index in [-0.39, 0.29) is 46.5 Å². The quantitative estimate of drug-likeness (QED) is 0.521. The highest BCUT2D eigenvalue weighted by Crippen LogP contribution is 2.68. The number of nitrogens with zero attached hydrogens (tertiary/aromatic N) is 1. The van der Waals surface area contributed by atoms with E-state index in [1.54, 1.807) is 11.9 Å². The van der Waals surface area contributed by atoms with Crippen LogP contribution in [0.2, 0.25) is 0 Å². The van der Waals surface area contributed by atoms with E-state index in [4.69, 9.17) is 15.2 Å². The number of nitrogens with one attached hydrogen (secondary N) is 1. The Labute approximate surface area is 228 Å². The van der Waals surface area contributed by atoms with Crippen LogP contribution in [0, 0.1) is 34.5 Å². The van der Waals surface area contributed by atoms with E-state index >= 15 is 0 Å². The third-order valence-corrected chi connectivity index (χ3v) is 12.1. The van der Waals surface area contributed by atoms with Gasteiger partial charge >= 0.3 is 12.1 Å². The van der Waals surface area contributed by atoms with Crippen LogP contribution in [0.3, 0.4) is 0 Å². The van der Waals surface area contributed by atoms with Gasteiger partial charge in [0.25, 0.3) is 0 Å². The molecule has 3 N–H and O–H groups in total. The van der Waals surface area contributed by atoms with Crippen molar-refractivity contribution < 1.29 is 23.9 Å². The number of piperidine rings is 1. The highest BCUT2D eigenvalue weighted by Gasteiger charge is 2.66. The maximum absolute atomic E-state index is 13.0. The van der Waals surface area contributed by atoms with Crippen LogP contribution in [0.25, 0.3) is 0 Å². The molecule has 214 valence electrons. The van der Waals surface area contributed by atoms with E-state index in [2.05, 4.69) is 19.2 Å². The van der Waals surface area contributed by atoms with Gasteiger partial charge in [-0.15, -0.1) is 0 Å². The molecule has 4 saturated carbocycles. The van der Waals surface area contributed by atoms with Crippen molar-refractivity contribution in [3.8, 4) is 0 Å². The van der Waals surface area contributed by atoms with Crippen LogP contribution in [0.15, 0.2) is 0 Å². The molecule has 8 heteroatoms. The lowest BCUT2D eigenvalue weighted by molar-refractivity contribution is -0.149. The van der Waals surface area contributed by atoms with Crippen molar-refractivity contribution in [3.63, 3.8) is 0 Å². The van der Waals surface area contributed by atoms with Crippen molar-refractivity contribution in [2.75, 3.05) is 20.1 Å². The van der Waals surface area contributed by atoms with E-state index in [1.807, 2.05) is 0 Å². The molecule has 0 radical (unpaired) electrons. The standard InChI is InChI=1S/C30H49N3O5/c1-19(34)37-23-6-5-15-33(18-23)27(36)38-22-10-12-28(2)20(16-22)7-8-25-24(28)11-13-29(3)21(17-26(35)32-4)9-14-30(25,29)31/h20-25H,5-18,31H2,1-4H3,(H,32,35)/t20-,21-,22+,23?,24+,25-,28+,29-,30+/m1/s1. The van der Waals surface area contributed by atoms with Gasteiger partial charge in [-0.3, -0.25) is 9.59 Å². The average Bonchev–Trinajstić information content (AvgIpc) is 3.14. The molecule has 1 heterocycles. The number of esters is 1. The van der Waals surface area contributed by atoms with Gasteiger partial charge in [-0.25, -0.2) is 4.79 Å². The lowest BCUT2D eigenvalue weighted by Gasteiger charge is -2.64. The number of carbonyl (C=O) groups excluding carboxylic acids is 3. The summed E-state index contributed by atoms with van der Waals surface area (Å²) in [4.78, 5) is 38.4. The smallest absolute Gasteiger partial charge is 0.410 e. The minimum absolute atomic E-state index is 0.0228. The molecule has 0 aromatic carbocycles. The van der Waals surface area contributed by atoms with Crippen molar-refractivity contribution in [2.45, 2.75) is 116 Å². The maximum Gasteiger partial charge on any atom is 0.410 e. The highest BCUT2D eigenvalue weighted by molar-refractivity contribution is 5.76. The Morgan fingerprint density at radius 1 is 0.947 bits per heavy atom. The monoisotopic (exact) mass is 531 g/mol. The summed E-state index contributed by atoms with van der Waals surface area (Å²) in [7, 11) is 1.73. The molecule has 0 spiro atoms. The predicted octanol–water partition coefficient (Wildman–Crippen LogP) is 4.40. The highest BCUT2D eigenvalue weighted by atomic mass is 16.6. The fourth-order valence-electron chi connectivity index (χ4n) is 9.82. The average molecular weight is 532 g/mol. The topological polar surface area (TPSA) is 111 Å². The number of amides is 2. The van der Waals surface area contributed by atoms with Crippen LogP contribution in [0.1, 0.15) is 97.8 Å². The van der Waals surface area contributed by atoms with E-state index in [9.17, 15) is 14.4 Å². The van der Waals surface area contributed by atoms with Crippen LogP contribution in [-0.2, 0) is 19.1 Å². The lowest BCUT2D eigenvalue weighted by atomic mass is 9.42. The first-order valence-corrected chi connectivity index (χ1v) is 15.1. The van der Waals surface area contributed by atoms with Crippen molar-refractivity contribution >= 4 is 18.0 Å². The second-order valence-electron chi connectivity index (χ2n) is 13.7. The molecule has 5 fully saturated rings. The first kappa shape index (κ1) is 27.7. The van der Waals surface area contributed by atoms with Gasteiger partial charge in [0.2, 0.25) is 5.91 Å². The Hall–Kier alpha value is -1.83. The second kappa shape index (κ2) is 10.3. The van der Waals surface area contributed by atoms with Crippen LogP contribution < -0.4 is 11.1 Å². The number of fused-ring (bicyclic) bond motifs is 5. The second-order valence-corrected chi connectivity index (χ2v) is 13.7. The molecule has 1 saturated heterocycles. The van der Waals surface area contributed by atoms with Gasteiger partial charge in [-0.1, -0.05) is 13.8 Å². The first-order valence-electron chi connectivity index (χ1n) is 15.1. The maximum atomic E-state index is 13.0. The van der Waals surface area contributed by atoms with E-state index in [0.29, 0.717) is 43.2 Å². The number of ether oxygens (including phenoxy) is 2. The molecule has 1 aliphatic heterocycles. The summed E-state index contributed by atoms with van der Waals surface area (Å²) in [5.74, 6) is 1.85. The van der Waals surface area contributed by atoms with E-state index in [0.717, 1.165) is 64.2 Å². The summed E-state index contributed by atoms with van der Waals surface area (Å²) in [6.45, 7) is 7.37. The number of likely N-dealkylation sites (tertiary alicyclic amines) is 1. The molecule has 0 bridgehead atoms. The number of hydrogen-bond acceptors (Lipinski definition) is 6. The molecular weight excluding hydrogens is 482 g/mol. The molecule has 5 aliphatic rings. The van der Waals surface area contributed by atoms with Crippen LogP contribution in [0.4, 0.5) is 4.79 Å². The van der Waals surface area contributed by atoms with Crippen molar-refractivity contribution in [1.82, 2.24) is 10.2 Å². The van der Waals surface area contributed by atoms with Crippen molar-refractivity contribution in [2.24, 2.45) is 40.2 Å². The molecule has 9 atom stereocenters. The van der Waals surface area contributed by atoms with E-state index < -0.39 is 0 Å². The van der Waals surface area contributed by atoms with Gasteiger partial charge in [0.15, 0.2) is 0 Å². The molecule has 2 amide bonds. The normalized spacial score (nSPS) is 44.3. The number of hydrogen-bond donors (Lipinski definition) is 2. The third-order valence-electron chi connectivity index (χ3n) is 12.1. The van der Waals surface area contributed by atoms with E-state index in [1.165, 1.54) is 13.3 Å². The summed E-state index contributed by atoms with van der Waals surface area (Å²) in [5, 5.41) is 2.83. The van der Waals surface area contributed by atoms with Gasteiger partial charge in [-0.2, -0.15) is 0 Å². The Morgan fingerprint density at radius 2 is 1.74 bits per heavy atom. The molecule has 0 aromatic rings. The van der Waals surface area contributed by atoms with Crippen LogP contribution in [0.5, 0.6) is 0 Å². The third kappa shape index (κ3) is 4.62. The predicted molar refractivity (Wildman–Crippen MR) is 144 cm³/mol. The van der Waals surface area contributed by atoms with Gasteiger partial charge in [0.1, 0.15) is 12.2 Å².